The molecule has 0 heterocycles. The van der Waals surface area contributed by atoms with Crippen LogP contribution in [0.3, 0.4) is 0 Å². The first kappa shape index (κ1) is 32.9. The Hall–Kier alpha value is 1.35. The van der Waals surface area contributed by atoms with Crippen LogP contribution in [0.15, 0.2) is 0 Å². The van der Waals surface area contributed by atoms with Gasteiger partial charge in [0.2, 0.25) is 0 Å². The Bertz CT molecular complexity index is 9.61. The van der Waals surface area contributed by atoms with Crippen molar-refractivity contribution in [2.24, 2.45) is 0 Å². The number of terminal acetylenes is 1. The van der Waals surface area contributed by atoms with Crippen LogP contribution >= 0.6 is 0 Å². The summed E-state index contributed by atoms with van der Waals surface area (Å²) in [6.07, 6.45) is 9.00. The monoisotopic (exact) mass is 49.1 g/mol. The van der Waals surface area contributed by atoms with Gasteiger partial charge in [-0.05, 0) is 6.42 Å². The van der Waals surface area contributed by atoms with Gasteiger partial charge in [-0.15, -0.1) is 6.42 Å². The van der Waals surface area contributed by atoms with E-state index in [9.17, 15) is 0 Å². The molecule has 1 radical (unpaired) electrons. The van der Waals surface area contributed by atoms with Crippen molar-refractivity contribution >= 4 is 56.6 Å². The Balaban J connectivity index is -0.00000000167. The van der Waals surface area contributed by atoms with E-state index in [1.807, 2.05) is 0 Å². The number of rotatable bonds is 0. The third-order valence-electron chi connectivity index (χ3n) is 0. The van der Waals surface area contributed by atoms with Gasteiger partial charge in [0.15, 0.2) is 0 Å². The fraction of sp³-hybridized carbons (Fsp3) is 0. The van der Waals surface area contributed by atoms with Crippen LogP contribution in [0.5, 0.6) is 0 Å². The normalized spacial score (nSPS) is 0.400. The average Bonchev–Trinajstić information content (AvgIpc) is 1.00. The first-order chi connectivity index (χ1) is 1.00. The van der Waals surface area contributed by atoms with Gasteiger partial charge in [0.1, 0.15) is 0 Å². The molecule has 0 unspecified atom stereocenters. The second-order valence-corrected chi connectivity index (χ2v) is 0. The molecular weight excluding hydrogens is 44.8 g/mol. The summed E-state index contributed by atoms with van der Waals surface area (Å²) in [4.78, 5) is 0. The van der Waals surface area contributed by atoms with Crippen LogP contribution in [0.4, 0.5) is 0 Å². The summed E-state index contributed by atoms with van der Waals surface area (Å²) >= 11 is 0. The molecule has 0 N–H and O–H groups in total. The fourth-order valence-electron chi connectivity index (χ4n) is 0. The van der Waals surface area contributed by atoms with Gasteiger partial charge in [0.05, 0.1) is 0 Å². The zero-order valence-electron chi connectivity index (χ0n) is 1.08. The fourth-order valence-corrected chi connectivity index (χ4v) is 0. The predicted molar refractivity (Wildman–Crippen MR) is 29.6 cm³/mol. The Labute approximate surface area is 69.0 Å². The molecule has 0 amide bonds. The molecule has 0 aromatic carbocycles. The molecule has 0 spiro atoms. The van der Waals surface area contributed by atoms with Gasteiger partial charge in [-0.1, -0.05) is 0 Å². The molecule has 15 valence electrons. The van der Waals surface area contributed by atoms with E-state index in [-0.39, 0.29) is 56.6 Å². The third-order valence-corrected chi connectivity index (χ3v) is 0. The van der Waals surface area contributed by atoms with Crippen molar-refractivity contribution in [2.75, 3.05) is 0 Å². The van der Waals surface area contributed by atoms with E-state index in [1.54, 1.807) is 0 Å². The van der Waals surface area contributed by atoms with E-state index >= 15 is 0 Å². The molecule has 0 aliphatic heterocycles. The van der Waals surface area contributed by atoms with Crippen molar-refractivity contribution in [2.45, 2.75) is 0 Å². The van der Waals surface area contributed by atoms with E-state index in [1.165, 1.54) is 0 Å². The molecule has 0 aromatic heterocycles. The standard InChI is InChI=1S/C2H.3Li.3H/c1-2;;;;;;/h1H;;;;;;. The minimum absolute atomic E-state index is 0. The zero-order valence-corrected chi connectivity index (χ0v) is 1.08. The maximum absolute atomic E-state index is 5.25. The molecule has 0 aliphatic rings. The van der Waals surface area contributed by atoms with Crippen molar-refractivity contribution in [1.29, 1.82) is 0 Å². The van der Waals surface area contributed by atoms with Crippen LogP contribution in [-0.4, -0.2) is 56.6 Å². The van der Waals surface area contributed by atoms with Gasteiger partial charge >= 0.3 is 56.6 Å². The minimum atomic E-state index is 0. The summed E-state index contributed by atoms with van der Waals surface area (Å²) in [6, 6.07) is 0. The molecule has 0 fully saturated rings. The Morgan fingerprint density at radius 2 is 0.800 bits per heavy atom. The zero-order chi connectivity index (χ0) is 2.00. The molecule has 0 nitrogen and oxygen atoms in total. The maximum atomic E-state index is 5.25. The van der Waals surface area contributed by atoms with Crippen LogP contribution in [-0.2, 0) is 0 Å². The quantitative estimate of drug-likeness (QED) is 0.225. The van der Waals surface area contributed by atoms with E-state index in [4.69, 9.17) is 6.42 Å². The molecule has 3 heteroatoms. The SMILES string of the molecule is [C]#C.[LiH].[LiH].[LiH]. The van der Waals surface area contributed by atoms with Crippen molar-refractivity contribution in [3.63, 3.8) is 0 Å². The molecule has 0 bridgehead atoms. The van der Waals surface area contributed by atoms with Gasteiger partial charge in [-0.3, -0.25) is 0 Å². The Kier molecular flexibility index (Phi) is 365. The van der Waals surface area contributed by atoms with Crippen LogP contribution in [0.2, 0.25) is 0 Å². The third kappa shape index (κ3) is 32.9. The van der Waals surface area contributed by atoms with Gasteiger partial charge in [-0.2, -0.15) is 0 Å². The molecule has 0 atom stereocenters. The van der Waals surface area contributed by atoms with Crippen molar-refractivity contribution in [1.82, 2.24) is 0 Å². The van der Waals surface area contributed by atoms with Crippen LogP contribution in [0, 0.1) is 12.8 Å². The van der Waals surface area contributed by atoms with Gasteiger partial charge in [-0.25, -0.2) is 0 Å². The topological polar surface area (TPSA) is 0 Å². The van der Waals surface area contributed by atoms with E-state index in [2.05, 4.69) is 6.42 Å². The predicted octanol–water partition coefficient (Wildman–Crippen LogP) is -1.74. The number of hydrogen-bond acceptors (Lipinski definition) is 0. The summed E-state index contributed by atoms with van der Waals surface area (Å²) in [5.41, 5.74) is 0. The van der Waals surface area contributed by atoms with Crippen molar-refractivity contribution < 1.29 is 0 Å². The summed E-state index contributed by atoms with van der Waals surface area (Å²) in [7, 11) is 0. The van der Waals surface area contributed by atoms with Crippen molar-refractivity contribution in [3.8, 4) is 6.42 Å². The first-order valence-electron chi connectivity index (χ1n) is 0.289. The van der Waals surface area contributed by atoms with Gasteiger partial charge < -0.3 is 0 Å². The van der Waals surface area contributed by atoms with Crippen LogP contribution in [0.25, 0.3) is 0 Å². The Morgan fingerprint density at radius 1 is 0.800 bits per heavy atom. The van der Waals surface area contributed by atoms with E-state index in [0.717, 1.165) is 0 Å². The van der Waals surface area contributed by atoms with E-state index < -0.39 is 0 Å². The summed E-state index contributed by atoms with van der Waals surface area (Å²) < 4.78 is 0. The molecule has 0 saturated heterocycles. The molecular formula is C2H4Li3. The van der Waals surface area contributed by atoms with E-state index in [0.29, 0.717) is 0 Å². The van der Waals surface area contributed by atoms with Gasteiger partial charge in [0, 0.05) is 0 Å². The number of hydrogen-bond donors (Lipinski definition) is 0. The molecule has 0 rings (SSSR count). The molecule has 5 heavy (non-hydrogen) atoms. The molecule has 0 saturated carbocycles. The second-order valence-electron chi connectivity index (χ2n) is 0. The summed E-state index contributed by atoms with van der Waals surface area (Å²) in [5.74, 6) is 0. The summed E-state index contributed by atoms with van der Waals surface area (Å²) in [6.45, 7) is 0. The van der Waals surface area contributed by atoms with Crippen LogP contribution in [0.1, 0.15) is 0 Å². The van der Waals surface area contributed by atoms with Crippen LogP contribution < -0.4 is 0 Å². The van der Waals surface area contributed by atoms with Crippen molar-refractivity contribution in [3.05, 3.63) is 6.42 Å². The Morgan fingerprint density at radius 3 is 0.800 bits per heavy atom. The first-order valence-corrected chi connectivity index (χ1v) is 0.289. The average molecular weight is 48.9 g/mol. The molecule has 0 aromatic rings. The molecule has 0 aliphatic carbocycles. The van der Waals surface area contributed by atoms with Gasteiger partial charge in [0.25, 0.3) is 0 Å². The summed E-state index contributed by atoms with van der Waals surface area (Å²) in [5, 5.41) is 0. The second kappa shape index (κ2) is 55.4.